The second-order valence-corrected chi connectivity index (χ2v) is 21.3. The van der Waals surface area contributed by atoms with Crippen LogP contribution in [0.4, 0.5) is 0 Å². The van der Waals surface area contributed by atoms with Crippen molar-refractivity contribution >= 4 is 75.1 Å². The molecular weight excluding hydrogens is 776 g/mol. The first kappa shape index (κ1) is 36.0. The average Bonchev–Trinajstić information content (AvgIpc) is 2.91. The maximum absolute atomic E-state index is 6.70. The summed E-state index contributed by atoms with van der Waals surface area (Å²) in [6.45, 7) is 0. The van der Waals surface area contributed by atoms with Crippen LogP contribution in [0.1, 0.15) is 128 Å². The summed E-state index contributed by atoms with van der Waals surface area (Å²) in [4.78, 5) is 0. The molecule has 0 aromatic carbocycles. The Labute approximate surface area is 255 Å². The van der Waals surface area contributed by atoms with Gasteiger partial charge in [-0.2, -0.15) is 0 Å². The Bertz CT molecular complexity index is 369. The van der Waals surface area contributed by atoms with Crippen molar-refractivity contribution in [1.82, 2.24) is 0 Å². The number of rotatable bonds is 4. The van der Waals surface area contributed by atoms with Crippen LogP contribution < -0.4 is 0 Å². The molecule has 4 rings (SSSR count). The van der Waals surface area contributed by atoms with Crippen LogP contribution in [-0.4, -0.2) is 22.6 Å². The fourth-order valence-electron chi connectivity index (χ4n) is 5.91. The van der Waals surface area contributed by atoms with E-state index in [1.165, 1.54) is 128 Å². The Kier molecular flexibility index (Phi) is 26.1. The molecule has 4 fully saturated rings. The zero-order valence-corrected chi connectivity index (χ0v) is 29.7. The van der Waals surface area contributed by atoms with Crippen LogP contribution in [0, 0.1) is 0 Å². The predicted octanol–water partition coefficient (Wildman–Crippen LogP) is 13.3. The average molecular weight is 820 g/mol. The fraction of sp³-hybridized carbons (Fsp3) is 1.00. The van der Waals surface area contributed by atoms with Crippen LogP contribution in [0.5, 0.6) is 0 Å². The molecular formula is C24H44Cl6P2Pd2. The van der Waals surface area contributed by atoms with Crippen molar-refractivity contribution in [1.29, 1.82) is 0 Å². The standard InChI is InChI=1S/2C12H22ClP.4ClH.2Pd/c2*13-14(11-7-3-1-4-8-11)12-9-5-2-6-10-12;;;;;;/h2*11-12H,1-10H2;4*1H;;/q;;;;;;2*+2/p-4. The van der Waals surface area contributed by atoms with E-state index in [9.17, 15) is 0 Å². The minimum atomic E-state index is -0.145. The molecule has 0 aliphatic heterocycles. The zero-order chi connectivity index (χ0) is 25.0. The SMILES string of the molecule is ClP(C1CCCCC1)C1CCCCC1.ClP(C1CCCCC1)C1CCCCC1.[Cl][Pd][Cl].[Cl][Pd][Cl]. The normalized spacial score (nSPS) is 23.5. The van der Waals surface area contributed by atoms with Gasteiger partial charge < -0.3 is 0 Å². The molecule has 212 valence electrons. The molecule has 10 heteroatoms. The molecule has 0 saturated heterocycles. The van der Waals surface area contributed by atoms with Gasteiger partial charge in [0.1, 0.15) is 0 Å². The van der Waals surface area contributed by atoms with Crippen LogP contribution in [0.15, 0.2) is 0 Å². The summed E-state index contributed by atoms with van der Waals surface area (Å²) in [5.41, 5.74) is 3.68. The zero-order valence-electron chi connectivity index (χ0n) is 20.2. The molecule has 0 amide bonds. The van der Waals surface area contributed by atoms with Gasteiger partial charge in [0.2, 0.25) is 0 Å². The molecule has 0 aromatic rings. The Morgan fingerprint density at radius 1 is 0.353 bits per heavy atom. The molecule has 0 aromatic heterocycles. The van der Waals surface area contributed by atoms with E-state index in [0.29, 0.717) is 0 Å². The van der Waals surface area contributed by atoms with E-state index in [-0.39, 0.29) is 46.4 Å². The quantitative estimate of drug-likeness (QED) is 0.196. The fourth-order valence-corrected chi connectivity index (χ4v) is 12.9. The third-order valence-corrected chi connectivity index (χ3v) is 15.9. The predicted molar refractivity (Wildman–Crippen MR) is 156 cm³/mol. The van der Waals surface area contributed by atoms with Gasteiger partial charge in [0.15, 0.2) is 0 Å². The number of hydrogen-bond acceptors (Lipinski definition) is 0. The monoisotopic (exact) mass is 816 g/mol. The van der Waals surface area contributed by atoms with Crippen molar-refractivity contribution in [2.24, 2.45) is 0 Å². The molecule has 0 unspecified atom stereocenters. The summed E-state index contributed by atoms with van der Waals surface area (Å²) in [6, 6.07) is 0. The van der Waals surface area contributed by atoms with Gasteiger partial charge >= 0.3 is 70.0 Å². The Morgan fingerprint density at radius 2 is 0.500 bits per heavy atom. The van der Waals surface area contributed by atoms with Crippen molar-refractivity contribution < 1.29 is 31.9 Å². The third-order valence-electron chi connectivity index (χ3n) is 7.69. The topological polar surface area (TPSA) is 0 Å². The molecule has 0 spiro atoms. The molecule has 0 bridgehead atoms. The van der Waals surface area contributed by atoms with Crippen LogP contribution in [0.2, 0.25) is 0 Å². The van der Waals surface area contributed by atoms with Gasteiger partial charge in [-0.25, -0.2) is 0 Å². The maximum atomic E-state index is 6.70. The summed E-state index contributed by atoms with van der Waals surface area (Å²) >= 11 is 13.2. The van der Waals surface area contributed by atoms with E-state index >= 15 is 0 Å². The van der Waals surface area contributed by atoms with Gasteiger partial charge in [-0.1, -0.05) is 99.5 Å². The van der Waals surface area contributed by atoms with Crippen LogP contribution in [0.3, 0.4) is 0 Å². The van der Waals surface area contributed by atoms with Crippen LogP contribution in [-0.2, 0) is 31.9 Å². The molecule has 0 N–H and O–H groups in total. The molecule has 0 radical (unpaired) electrons. The van der Waals surface area contributed by atoms with E-state index in [0.717, 1.165) is 22.6 Å². The van der Waals surface area contributed by atoms with Gasteiger partial charge in [-0.3, -0.25) is 0 Å². The summed E-state index contributed by atoms with van der Waals surface area (Å²) in [5.74, 6) is 0. The Balaban J connectivity index is 0.000000277. The van der Waals surface area contributed by atoms with Crippen LogP contribution >= 0.6 is 75.1 Å². The molecule has 0 atom stereocenters. The van der Waals surface area contributed by atoms with Gasteiger partial charge in [-0.05, 0) is 88.6 Å². The van der Waals surface area contributed by atoms with E-state index in [1.54, 1.807) is 0 Å². The first-order valence-corrected chi connectivity index (χ1v) is 25.9. The van der Waals surface area contributed by atoms with Crippen molar-refractivity contribution in [3.63, 3.8) is 0 Å². The van der Waals surface area contributed by atoms with E-state index in [1.807, 2.05) is 0 Å². The summed E-state index contributed by atoms with van der Waals surface area (Å²) in [6.07, 6.45) is 28.9. The van der Waals surface area contributed by atoms with Crippen molar-refractivity contribution in [3.05, 3.63) is 0 Å². The van der Waals surface area contributed by atoms with Gasteiger partial charge in [-0.15, -0.1) is 0 Å². The first-order valence-electron chi connectivity index (χ1n) is 13.1. The molecule has 0 heterocycles. The van der Waals surface area contributed by atoms with E-state index < -0.39 is 0 Å². The van der Waals surface area contributed by atoms with E-state index in [4.69, 9.17) is 60.6 Å². The second kappa shape index (κ2) is 24.7. The molecule has 0 nitrogen and oxygen atoms in total. The van der Waals surface area contributed by atoms with Gasteiger partial charge in [0, 0.05) is 0 Å². The number of halogens is 6. The molecule has 4 saturated carbocycles. The van der Waals surface area contributed by atoms with Gasteiger partial charge in [0.05, 0.1) is 0 Å². The van der Waals surface area contributed by atoms with Crippen molar-refractivity contribution in [2.75, 3.05) is 0 Å². The number of hydrogen-bond donors (Lipinski definition) is 0. The molecule has 4 aliphatic rings. The van der Waals surface area contributed by atoms with Crippen molar-refractivity contribution in [2.45, 2.75) is 151 Å². The van der Waals surface area contributed by atoms with Gasteiger partial charge in [0.25, 0.3) is 0 Å². The summed E-state index contributed by atoms with van der Waals surface area (Å²) in [7, 11) is 19.0. The molecule has 34 heavy (non-hydrogen) atoms. The second-order valence-electron chi connectivity index (χ2n) is 9.95. The Morgan fingerprint density at radius 3 is 0.647 bits per heavy atom. The first-order chi connectivity index (χ1) is 16.6. The van der Waals surface area contributed by atoms with E-state index in [2.05, 4.69) is 0 Å². The summed E-state index contributed by atoms with van der Waals surface area (Å²) < 4.78 is 0. The Hall–Kier alpha value is 3.92. The van der Waals surface area contributed by atoms with Crippen molar-refractivity contribution in [3.8, 4) is 0 Å². The molecule has 4 aliphatic carbocycles. The third kappa shape index (κ3) is 16.3. The van der Waals surface area contributed by atoms with Crippen LogP contribution in [0.25, 0.3) is 0 Å². The summed E-state index contributed by atoms with van der Waals surface area (Å²) in [5, 5.41) is 0. The minimum absolute atomic E-state index is 0.106.